The number of rotatable bonds is 5. The second-order valence-corrected chi connectivity index (χ2v) is 5.65. The monoisotopic (exact) mass is 314 g/mol. The predicted octanol–water partition coefficient (Wildman–Crippen LogP) is 1.36. The minimum absolute atomic E-state index is 0.0675. The fourth-order valence-corrected chi connectivity index (χ4v) is 2.14. The number of carbonyl (C=O) groups excluding carboxylic acids is 1. The molecule has 0 aliphatic carbocycles. The lowest BCUT2D eigenvalue weighted by Gasteiger charge is -2.13. The molecule has 2 aromatic rings. The van der Waals surface area contributed by atoms with E-state index in [1.54, 1.807) is 26.0 Å². The minimum atomic E-state index is -0.153. The number of carbonyl (C=O) groups is 1. The van der Waals surface area contributed by atoms with E-state index >= 15 is 0 Å². The summed E-state index contributed by atoms with van der Waals surface area (Å²) in [4.78, 5) is 30.3. The Labute approximate surface area is 135 Å². The van der Waals surface area contributed by atoms with E-state index in [0.717, 1.165) is 11.4 Å². The SMILES string of the molecule is Cc1ncn(CCNC(=O)c2ccc(N(C)C)cc2)c(=O)c1C. The average Bonchev–Trinajstić information content (AvgIpc) is 2.54. The third-order valence-corrected chi connectivity index (χ3v) is 3.80. The molecule has 2 rings (SSSR count). The van der Waals surface area contributed by atoms with Gasteiger partial charge >= 0.3 is 0 Å². The highest BCUT2D eigenvalue weighted by Crippen LogP contribution is 2.11. The van der Waals surface area contributed by atoms with Gasteiger partial charge in [-0.3, -0.25) is 14.2 Å². The van der Waals surface area contributed by atoms with Gasteiger partial charge in [0.25, 0.3) is 11.5 Å². The predicted molar refractivity (Wildman–Crippen MR) is 91.1 cm³/mol. The largest absolute Gasteiger partial charge is 0.378 e. The zero-order valence-corrected chi connectivity index (χ0v) is 14.0. The molecule has 1 N–H and O–H groups in total. The van der Waals surface area contributed by atoms with Gasteiger partial charge in [0.1, 0.15) is 0 Å². The molecule has 1 aromatic heterocycles. The number of benzene rings is 1. The highest BCUT2D eigenvalue weighted by atomic mass is 16.1. The van der Waals surface area contributed by atoms with E-state index in [2.05, 4.69) is 10.3 Å². The normalized spacial score (nSPS) is 10.4. The van der Waals surface area contributed by atoms with Gasteiger partial charge in [-0.2, -0.15) is 0 Å². The Morgan fingerprint density at radius 3 is 2.48 bits per heavy atom. The number of hydrogen-bond donors (Lipinski definition) is 1. The Hall–Kier alpha value is -2.63. The van der Waals surface area contributed by atoms with Crippen molar-refractivity contribution >= 4 is 11.6 Å². The molecule has 0 aliphatic heterocycles. The Balaban J connectivity index is 1.95. The van der Waals surface area contributed by atoms with Crippen LogP contribution in [0, 0.1) is 13.8 Å². The summed E-state index contributed by atoms with van der Waals surface area (Å²) in [5.74, 6) is -0.153. The third kappa shape index (κ3) is 3.97. The second kappa shape index (κ2) is 7.09. The van der Waals surface area contributed by atoms with E-state index in [1.165, 1.54) is 10.9 Å². The Morgan fingerprint density at radius 2 is 1.87 bits per heavy atom. The number of nitrogens with one attached hydrogen (secondary N) is 1. The van der Waals surface area contributed by atoms with Crippen LogP contribution in [0.3, 0.4) is 0 Å². The van der Waals surface area contributed by atoms with Crippen LogP contribution in [-0.2, 0) is 6.54 Å². The summed E-state index contributed by atoms with van der Waals surface area (Å²) >= 11 is 0. The topological polar surface area (TPSA) is 67.2 Å². The Bertz CT molecular complexity index is 748. The van der Waals surface area contributed by atoms with Gasteiger partial charge in [0.2, 0.25) is 0 Å². The molecule has 0 atom stereocenters. The molecule has 0 radical (unpaired) electrons. The summed E-state index contributed by atoms with van der Waals surface area (Å²) in [5, 5.41) is 2.82. The van der Waals surface area contributed by atoms with E-state index < -0.39 is 0 Å². The number of amides is 1. The molecule has 0 fully saturated rings. The van der Waals surface area contributed by atoms with E-state index in [0.29, 0.717) is 24.2 Å². The molecule has 0 spiro atoms. The molecule has 0 saturated carbocycles. The van der Waals surface area contributed by atoms with Gasteiger partial charge in [-0.1, -0.05) is 0 Å². The van der Waals surface area contributed by atoms with Gasteiger partial charge in [-0.05, 0) is 38.1 Å². The molecule has 6 heteroatoms. The maximum Gasteiger partial charge on any atom is 0.256 e. The molecule has 1 aromatic carbocycles. The first kappa shape index (κ1) is 16.7. The molecule has 0 aliphatic rings. The highest BCUT2D eigenvalue weighted by molar-refractivity contribution is 5.94. The fourth-order valence-electron chi connectivity index (χ4n) is 2.14. The van der Waals surface area contributed by atoms with E-state index in [-0.39, 0.29) is 11.5 Å². The lowest BCUT2D eigenvalue weighted by atomic mass is 10.2. The van der Waals surface area contributed by atoms with Crippen LogP contribution >= 0.6 is 0 Å². The first-order valence-electron chi connectivity index (χ1n) is 7.48. The standard InChI is InChI=1S/C17H22N4O2/c1-12-13(2)19-11-21(17(12)23)10-9-18-16(22)14-5-7-15(8-6-14)20(3)4/h5-8,11H,9-10H2,1-4H3,(H,18,22). The first-order chi connectivity index (χ1) is 10.9. The molecular formula is C17H22N4O2. The van der Waals surface area contributed by atoms with Gasteiger partial charge in [0.15, 0.2) is 0 Å². The molecule has 23 heavy (non-hydrogen) atoms. The molecule has 122 valence electrons. The lowest BCUT2D eigenvalue weighted by Crippen LogP contribution is -2.32. The van der Waals surface area contributed by atoms with Crippen molar-refractivity contribution in [1.29, 1.82) is 0 Å². The second-order valence-electron chi connectivity index (χ2n) is 5.65. The van der Waals surface area contributed by atoms with Crippen LogP contribution in [-0.4, -0.2) is 36.1 Å². The highest BCUT2D eigenvalue weighted by Gasteiger charge is 2.07. The number of aryl methyl sites for hydroxylation is 1. The molecule has 1 heterocycles. The van der Waals surface area contributed by atoms with Gasteiger partial charge in [0.05, 0.1) is 6.33 Å². The number of aromatic nitrogens is 2. The van der Waals surface area contributed by atoms with Gasteiger partial charge in [-0.15, -0.1) is 0 Å². The summed E-state index contributed by atoms with van der Waals surface area (Å²) < 4.78 is 1.51. The maximum atomic E-state index is 12.1. The number of anilines is 1. The Morgan fingerprint density at radius 1 is 1.22 bits per heavy atom. The molecular weight excluding hydrogens is 292 g/mol. The van der Waals surface area contributed by atoms with Crippen LogP contribution in [0.25, 0.3) is 0 Å². The van der Waals surface area contributed by atoms with Crippen LogP contribution in [0.1, 0.15) is 21.6 Å². The zero-order chi connectivity index (χ0) is 17.0. The summed E-state index contributed by atoms with van der Waals surface area (Å²) in [6, 6.07) is 7.36. The van der Waals surface area contributed by atoms with E-state index in [9.17, 15) is 9.59 Å². The van der Waals surface area contributed by atoms with Gasteiger partial charge in [-0.25, -0.2) is 4.98 Å². The summed E-state index contributed by atoms with van der Waals surface area (Å²) in [6.45, 7) is 4.33. The molecule has 1 amide bonds. The average molecular weight is 314 g/mol. The zero-order valence-electron chi connectivity index (χ0n) is 14.0. The van der Waals surface area contributed by atoms with Crippen molar-refractivity contribution in [3.63, 3.8) is 0 Å². The summed E-state index contributed by atoms with van der Waals surface area (Å²) in [5.41, 5.74) is 2.94. The van der Waals surface area contributed by atoms with Crippen molar-refractivity contribution in [2.24, 2.45) is 0 Å². The summed E-state index contributed by atoms with van der Waals surface area (Å²) in [7, 11) is 3.90. The van der Waals surface area contributed by atoms with Gasteiger partial charge < -0.3 is 10.2 Å². The van der Waals surface area contributed by atoms with Crippen molar-refractivity contribution in [2.75, 3.05) is 25.5 Å². The fraction of sp³-hybridized carbons (Fsp3) is 0.353. The Kier molecular flexibility index (Phi) is 5.16. The van der Waals surface area contributed by atoms with Crippen molar-refractivity contribution < 1.29 is 4.79 Å². The number of hydrogen-bond acceptors (Lipinski definition) is 4. The van der Waals surface area contributed by atoms with Crippen molar-refractivity contribution in [2.45, 2.75) is 20.4 Å². The van der Waals surface area contributed by atoms with Crippen LogP contribution in [0.15, 0.2) is 35.4 Å². The molecule has 0 unspecified atom stereocenters. The molecule has 0 bridgehead atoms. The van der Waals surface area contributed by atoms with Crippen molar-refractivity contribution in [3.05, 3.63) is 57.8 Å². The minimum Gasteiger partial charge on any atom is -0.378 e. The van der Waals surface area contributed by atoms with Crippen LogP contribution in [0.5, 0.6) is 0 Å². The van der Waals surface area contributed by atoms with E-state index in [1.807, 2.05) is 31.1 Å². The lowest BCUT2D eigenvalue weighted by molar-refractivity contribution is 0.0952. The first-order valence-corrected chi connectivity index (χ1v) is 7.48. The summed E-state index contributed by atoms with van der Waals surface area (Å²) in [6.07, 6.45) is 1.52. The number of nitrogens with zero attached hydrogens (tertiary/aromatic N) is 3. The van der Waals surface area contributed by atoms with Crippen LogP contribution in [0.4, 0.5) is 5.69 Å². The smallest absolute Gasteiger partial charge is 0.256 e. The molecule has 6 nitrogen and oxygen atoms in total. The van der Waals surface area contributed by atoms with Gasteiger partial charge in [0, 0.05) is 49.7 Å². The third-order valence-electron chi connectivity index (χ3n) is 3.80. The quantitative estimate of drug-likeness (QED) is 0.905. The molecule has 0 saturated heterocycles. The van der Waals surface area contributed by atoms with Crippen LogP contribution in [0.2, 0.25) is 0 Å². The van der Waals surface area contributed by atoms with E-state index in [4.69, 9.17) is 0 Å². The van der Waals surface area contributed by atoms with Crippen molar-refractivity contribution in [1.82, 2.24) is 14.9 Å². The van der Waals surface area contributed by atoms with Crippen molar-refractivity contribution in [3.8, 4) is 0 Å². The maximum absolute atomic E-state index is 12.1. The van der Waals surface area contributed by atoms with Crippen LogP contribution < -0.4 is 15.8 Å².